The molecule has 134 valence electrons. The highest BCUT2D eigenvalue weighted by molar-refractivity contribution is 6.35. The molecule has 0 aliphatic rings. The van der Waals surface area contributed by atoms with Gasteiger partial charge in [-0.25, -0.2) is 0 Å². The van der Waals surface area contributed by atoms with Gasteiger partial charge in [-0.2, -0.15) is 0 Å². The van der Waals surface area contributed by atoms with Gasteiger partial charge in [0.25, 0.3) is 5.91 Å². The van der Waals surface area contributed by atoms with Gasteiger partial charge in [-0.1, -0.05) is 48.7 Å². The normalized spacial score (nSPS) is 10.7. The maximum Gasteiger partial charge on any atom is 0.291 e. The highest BCUT2D eigenvalue weighted by Crippen LogP contribution is 2.32. The molecule has 0 aliphatic carbocycles. The van der Waals surface area contributed by atoms with Gasteiger partial charge in [0.2, 0.25) is 0 Å². The maximum atomic E-state index is 12.4. The summed E-state index contributed by atoms with van der Waals surface area (Å²) in [5.74, 6) is 0.402. The third kappa shape index (κ3) is 4.48. The van der Waals surface area contributed by atoms with Gasteiger partial charge in [-0.15, -0.1) is 0 Å². The number of aryl methyl sites for hydroxylation is 1. The third-order valence-corrected chi connectivity index (χ3v) is 4.62. The first-order valence-corrected chi connectivity index (χ1v) is 9.28. The van der Waals surface area contributed by atoms with E-state index in [0.29, 0.717) is 21.4 Å². The minimum Gasteiger partial charge on any atom is -0.451 e. The molecule has 3 nitrogen and oxygen atoms in total. The average molecular weight is 388 g/mol. The van der Waals surface area contributed by atoms with E-state index in [0.717, 1.165) is 24.9 Å². The smallest absolute Gasteiger partial charge is 0.291 e. The number of benzene rings is 2. The number of furan rings is 1. The Bertz CT molecular complexity index is 901. The van der Waals surface area contributed by atoms with Crippen molar-refractivity contribution in [1.82, 2.24) is 0 Å². The molecular formula is C21H19Cl2NO2. The van der Waals surface area contributed by atoms with Crippen molar-refractivity contribution in [3.8, 4) is 11.3 Å². The number of nitrogens with one attached hydrogen (secondary N) is 1. The van der Waals surface area contributed by atoms with Crippen LogP contribution in [0.25, 0.3) is 11.3 Å². The largest absolute Gasteiger partial charge is 0.451 e. The lowest BCUT2D eigenvalue weighted by Crippen LogP contribution is -2.10. The van der Waals surface area contributed by atoms with Crippen LogP contribution >= 0.6 is 23.2 Å². The van der Waals surface area contributed by atoms with Crippen LogP contribution in [0.4, 0.5) is 5.69 Å². The van der Waals surface area contributed by atoms with Crippen molar-refractivity contribution >= 4 is 34.8 Å². The zero-order valence-corrected chi connectivity index (χ0v) is 15.9. The Morgan fingerprint density at radius 2 is 1.81 bits per heavy atom. The van der Waals surface area contributed by atoms with Crippen molar-refractivity contribution in [1.29, 1.82) is 0 Å². The standard InChI is InChI=1S/C21H19Cl2NO2/c1-2-3-4-14-5-8-16(9-6-14)24-21(25)20-12-11-19(26-20)17-13-15(22)7-10-18(17)23/h5-13H,2-4H2,1H3,(H,24,25). The first-order chi connectivity index (χ1) is 12.6. The first kappa shape index (κ1) is 18.6. The van der Waals surface area contributed by atoms with Crippen molar-refractivity contribution in [3.05, 3.63) is 76.0 Å². The summed E-state index contributed by atoms with van der Waals surface area (Å²) >= 11 is 12.2. The van der Waals surface area contributed by atoms with Gasteiger partial charge in [0.15, 0.2) is 5.76 Å². The fraction of sp³-hybridized carbons (Fsp3) is 0.190. The topological polar surface area (TPSA) is 42.2 Å². The van der Waals surface area contributed by atoms with Crippen molar-refractivity contribution in [2.45, 2.75) is 26.2 Å². The molecule has 0 fully saturated rings. The Kier molecular flexibility index (Phi) is 6.02. The number of halogens is 2. The Morgan fingerprint density at radius 3 is 2.54 bits per heavy atom. The number of hydrogen-bond acceptors (Lipinski definition) is 2. The molecule has 1 heterocycles. The van der Waals surface area contributed by atoms with Gasteiger partial charge in [0, 0.05) is 16.3 Å². The average Bonchev–Trinajstić information content (AvgIpc) is 3.13. The molecule has 1 amide bonds. The quantitative estimate of drug-likeness (QED) is 0.502. The fourth-order valence-corrected chi connectivity index (χ4v) is 3.00. The Morgan fingerprint density at radius 1 is 1.04 bits per heavy atom. The molecule has 5 heteroatoms. The summed E-state index contributed by atoms with van der Waals surface area (Å²) in [7, 11) is 0. The molecule has 1 N–H and O–H groups in total. The van der Waals surface area contributed by atoms with Crippen LogP contribution in [-0.4, -0.2) is 5.91 Å². The summed E-state index contributed by atoms with van der Waals surface area (Å²) in [5.41, 5.74) is 2.65. The molecule has 3 aromatic rings. The highest BCUT2D eigenvalue weighted by atomic mass is 35.5. The number of carbonyl (C=O) groups excluding carboxylic acids is 1. The second kappa shape index (κ2) is 8.43. The Labute approximate surface area is 162 Å². The van der Waals surface area contributed by atoms with Crippen molar-refractivity contribution in [2.24, 2.45) is 0 Å². The predicted octanol–water partition coefficient (Wildman–Crippen LogP) is 6.85. The molecule has 3 rings (SSSR count). The lowest BCUT2D eigenvalue weighted by Gasteiger charge is -2.05. The summed E-state index contributed by atoms with van der Waals surface area (Å²) in [4.78, 5) is 12.4. The van der Waals surface area contributed by atoms with Gasteiger partial charge in [0.1, 0.15) is 5.76 Å². The van der Waals surface area contributed by atoms with E-state index in [1.807, 2.05) is 24.3 Å². The Hall–Kier alpha value is -2.23. The van der Waals surface area contributed by atoms with Gasteiger partial charge in [0.05, 0.1) is 5.02 Å². The van der Waals surface area contributed by atoms with E-state index in [9.17, 15) is 4.79 Å². The van der Waals surface area contributed by atoms with Crippen LogP contribution < -0.4 is 5.32 Å². The second-order valence-electron chi connectivity index (χ2n) is 6.04. The second-order valence-corrected chi connectivity index (χ2v) is 6.89. The molecule has 2 aromatic carbocycles. The first-order valence-electron chi connectivity index (χ1n) is 8.52. The number of unbranched alkanes of at least 4 members (excludes halogenated alkanes) is 1. The number of rotatable bonds is 6. The molecule has 0 atom stereocenters. The molecule has 0 spiro atoms. The van der Waals surface area contributed by atoms with E-state index in [-0.39, 0.29) is 11.7 Å². The molecule has 0 saturated heterocycles. The minimum atomic E-state index is -0.310. The number of anilines is 1. The lowest BCUT2D eigenvalue weighted by atomic mass is 10.1. The fourth-order valence-electron chi connectivity index (χ4n) is 2.62. The number of hydrogen-bond donors (Lipinski definition) is 1. The molecule has 0 aliphatic heterocycles. The van der Waals surface area contributed by atoms with Gasteiger partial charge < -0.3 is 9.73 Å². The van der Waals surface area contributed by atoms with E-state index < -0.39 is 0 Å². The van der Waals surface area contributed by atoms with Crippen LogP contribution in [0.5, 0.6) is 0 Å². The monoisotopic (exact) mass is 387 g/mol. The van der Waals surface area contributed by atoms with Crippen LogP contribution in [0.1, 0.15) is 35.9 Å². The molecular weight excluding hydrogens is 369 g/mol. The van der Waals surface area contributed by atoms with Crippen molar-refractivity contribution < 1.29 is 9.21 Å². The zero-order valence-electron chi connectivity index (χ0n) is 14.4. The number of amides is 1. The van der Waals surface area contributed by atoms with Crippen LogP contribution in [0.2, 0.25) is 10.0 Å². The van der Waals surface area contributed by atoms with Crippen LogP contribution in [0.15, 0.2) is 59.0 Å². The summed E-state index contributed by atoms with van der Waals surface area (Å²) in [5, 5.41) is 3.90. The summed E-state index contributed by atoms with van der Waals surface area (Å²) in [6, 6.07) is 16.3. The van der Waals surface area contributed by atoms with Crippen LogP contribution in [0.3, 0.4) is 0 Å². The molecule has 0 radical (unpaired) electrons. The summed E-state index contributed by atoms with van der Waals surface area (Å²) < 4.78 is 5.66. The van der Waals surface area contributed by atoms with Crippen molar-refractivity contribution in [3.63, 3.8) is 0 Å². The van der Waals surface area contributed by atoms with Gasteiger partial charge in [-0.05, 0) is 60.9 Å². The lowest BCUT2D eigenvalue weighted by molar-refractivity contribution is 0.0997. The molecule has 0 saturated carbocycles. The summed E-state index contributed by atoms with van der Waals surface area (Å²) in [6.45, 7) is 2.17. The third-order valence-electron chi connectivity index (χ3n) is 4.05. The van der Waals surface area contributed by atoms with Crippen LogP contribution in [-0.2, 0) is 6.42 Å². The SMILES string of the molecule is CCCCc1ccc(NC(=O)c2ccc(-c3cc(Cl)ccc3Cl)o2)cc1. The van der Waals surface area contributed by atoms with E-state index in [1.165, 1.54) is 5.56 Å². The van der Waals surface area contributed by atoms with Crippen molar-refractivity contribution in [2.75, 3.05) is 5.32 Å². The van der Waals surface area contributed by atoms with E-state index >= 15 is 0 Å². The molecule has 0 bridgehead atoms. The van der Waals surface area contributed by atoms with E-state index in [2.05, 4.69) is 12.2 Å². The minimum absolute atomic E-state index is 0.214. The number of carbonyl (C=O) groups is 1. The molecule has 26 heavy (non-hydrogen) atoms. The predicted molar refractivity (Wildman–Crippen MR) is 107 cm³/mol. The summed E-state index contributed by atoms with van der Waals surface area (Å²) in [6.07, 6.45) is 3.37. The van der Waals surface area contributed by atoms with Gasteiger partial charge in [-0.3, -0.25) is 4.79 Å². The zero-order chi connectivity index (χ0) is 18.5. The Balaban J connectivity index is 1.71. The highest BCUT2D eigenvalue weighted by Gasteiger charge is 2.14. The maximum absolute atomic E-state index is 12.4. The molecule has 0 unspecified atom stereocenters. The van der Waals surface area contributed by atoms with E-state index in [1.54, 1.807) is 30.3 Å². The van der Waals surface area contributed by atoms with Gasteiger partial charge >= 0.3 is 0 Å². The van der Waals surface area contributed by atoms with E-state index in [4.69, 9.17) is 27.6 Å². The van der Waals surface area contributed by atoms with Crippen LogP contribution in [0, 0.1) is 0 Å². The molecule has 1 aromatic heterocycles.